The van der Waals surface area contributed by atoms with Gasteiger partial charge in [0, 0.05) is 38.3 Å². The second-order valence-electron chi connectivity index (χ2n) is 7.04. The summed E-state index contributed by atoms with van der Waals surface area (Å²) in [6, 6.07) is 10.5. The fourth-order valence-electron chi connectivity index (χ4n) is 3.73. The molecular weight excluding hydrogens is 304 g/mol. The summed E-state index contributed by atoms with van der Waals surface area (Å²) in [6.45, 7) is 4.17. The van der Waals surface area contributed by atoms with Crippen molar-refractivity contribution in [3.8, 4) is 0 Å². The van der Waals surface area contributed by atoms with Crippen molar-refractivity contribution in [2.45, 2.75) is 37.2 Å². The number of aliphatic hydroxyl groups excluding tert-OH is 1. The van der Waals surface area contributed by atoms with Crippen LogP contribution in [0.2, 0.25) is 0 Å². The molecule has 0 saturated carbocycles. The van der Waals surface area contributed by atoms with Gasteiger partial charge in [0.2, 0.25) is 5.91 Å². The number of ether oxygens (including phenoxy) is 1. The molecule has 0 radical (unpaired) electrons. The van der Waals surface area contributed by atoms with Gasteiger partial charge in [0.05, 0.1) is 12.6 Å². The number of carbonyl (C=O) groups excluding carboxylic acids is 1. The average Bonchev–Trinajstić information content (AvgIpc) is 2.63. The van der Waals surface area contributed by atoms with Crippen molar-refractivity contribution in [1.82, 2.24) is 10.2 Å². The van der Waals surface area contributed by atoms with Crippen LogP contribution in [-0.2, 0) is 14.9 Å². The zero-order chi connectivity index (χ0) is 16.8. The van der Waals surface area contributed by atoms with Gasteiger partial charge in [-0.25, -0.2) is 0 Å². The Morgan fingerprint density at radius 2 is 1.88 bits per heavy atom. The first-order valence-electron chi connectivity index (χ1n) is 8.98. The standard InChI is InChI=1S/C19H28N2O3/c22-17-6-10-21(11-7-17)14-18(23)20-15-19(8-12-24-13-9-19)16-4-2-1-3-5-16/h1-5,17,22H,6-15H2,(H,20,23). The van der Waals surface area contributed by atoms with Crippen molar-refractivity contribution >= 4 is 5.91 Å². The molecular formula is C19H28N2O3. The molecule has 0 bridgehead atoms. The van der Waals surface area contributed by atoms with E-state index in [4.69, 9.17) is 4.74 Å². The molecule has 2 saturated heterocycles. The summed E-state index contributed by atoms with van der Waals surface area (Å²) in [5.41, 5.74) is 1.27. The number of piperidine rings is 1. The second kappa shape index (κ2) is 8.10. The van der Waals surface area contributed by atoms with Gasteiger partial charge in [0.15, 0.2) is 0 Å². The van der Waals surface area contributed by atoms with E-state index in [1.165, 1.54) is 5.56 Å². The maximum absolute atomic E-state index is 12.4. The number of nitrogens with zero attached hydrogens (tertiary/aromatic N) is 1. The number of rotatable bonds is 5. The van der Waals surface area contributed by atoms with Crippen LogP contribution in [0.5, 0.6) is 0 Å². The highest BCUT2D eigenvalue weighted by atomic mass is 16.5. The van der Waals surface area contributed by atoms with Gasteiger partial charge in [-0.1, -0.05) is 30.3 Å². The fraction of sp³-hybridized carbons (Fsp3) is 0.632. The van der Waals surface area contributed by atoms with E-state index in [-0.39, 0.29) is 17.4 Å². The Hall–Kier alpha value is -1.43. The smallest absolute Gasteiger partial charge is 0.234 e. The summed E-state index contributed by atoms with van der Waals surface area (Å²) in [7, 11) is 0. The molecule has 2 aliphatic heterocycles. The topological polar surface area (TPSA) is 61.8 Å². The zero-order valence-electron chi connectivity index (χ0n) is 14.2. The molecule has 2 aliphatic rings. The van der Waals surface area contributed by atoms with Crippen molar-refractivity contribution in [2.24, 2.45) is 0 Å². The number of carbonyl (C=O) groups is 1. The number of likely N-dealkylation sites (tertiary alicyclic amines) is 1. The lowest BCUT2D eigenvalue weighted by Crippen LogP contribution is -2.48. The Morgan fingerprint density at radius 1 is 1.21 bits per heavy atom. The first-order valence-corrected chi connectivity index (χ1v) is 8.98. The normalized spacial score (nSPS) is 22.2. The Kier molecular flexibility index (Phi) is 5.87. The van der Waals surface area contributed by atoms with Gasteiger partial charge < -0.3 is 15.2 Å². The van der Waals surface area contributed by atoms with Crippen LogP contribution < -0.4 is 5.32 Å². The minimum atomic E-state index is -0.201. The number of amides is 1. The summed E-state index contributed by atoms with van der Waals surface area (Å²) < 4.78 is 5.54. The largest absolute Gasteiger partial charge is 0.393 e. The molecule has 132 valence electrons. The number of benzene rings is 1. The lowest BCUT2D eigenvalue weighted by molar-refractivity contribution is -0.123. The predicted molar refractivity (Wildman–Crippen MR) is 92.9 cm³/mol. The van der Waals surface area contributed by atoms with E-state index in [1.807, 2.05) is 6.07 Å². The first kappa shape index (κ1) is 17.4. The molecule has 1 aromatic carbocycles. The van der Waals surface area contributed by atoms with E-state index in [0.29, 0.717) is 13.1 Å². The minimum absolute atomic E-state index is 0.0206. The summed E-state index contributed by atoms with van der Waals surface area (Å²) in [5, 5.41) is 12.7. The predicted octanol–water partition coefficient (Wildman–Crippen LogP) is 1.31. The highest BCUT2D eigenvalue weighted by molar-refractivity contribution is 5.78. The third-order valence-corrected chi connectivity index (χ3v) is 5.38. The van der Waals surface area contributed by atoms with Crippen molar-refractivity contribution < 1.29 is 14.6 Å². The summed E-state index contributed by atoms with van der Waals surface area (Å²) in [4.78, 5) is 14.5. The van der Waals surface area contributed by atoms with Gasteiger partial charge in [0.25, 0.3) is 0 Å². The molecule has 0 unspecified atom stereocenters. The van der Waals surface area contributed by atoms with Crippen molar-refractivity contribution in [3.05, 3.63) is 35.9 Å². The van der Waals surface area contributed by atoms with Crippen LogP contribution in [0.1, 0.15) is 31.2 Å². The van der Waals surface area contributed by atoms with Crippen molar-refractivity contribution in [1.29, 1.82) is 0 Å². The second-order valence-corrected chi connectivity index (χ2v) is 7.04. The van der Waals surface area contributed by atoms with Crippen LogP contribution >= 0.6 is 0 Å². The van der Waals surface area contributed by atoms with Crippen LogP contribution in [0.3, 0.4) is 0 Å². The highest BCUT2D eigenvalue weighted by Crippen LogP contribution is 2.34. The Bertz CT molecular complexity index is 521. The number of nitrogens with one attached hydrogen (secondary N) is 1. The quantitative estimate of drug-likeness (QED) is 0.853. The molecule has 0 aliphatic carbocycles. The zero-order valence-corrected chi connectivity index (χ0v) is 14.2. The minimum Gasteiger partial charge on any atom is -0.393 e. The van der Waals surface area contributed by atoms with E-state index in [9.17, 15) is 9.90 Å². The van der Waals surface area contributed by atoms with Gasteiger partial charge >= 0.3 is 0 Å². The van der Waals surface area contributed by atoms with Gasteiger partial charge in [-0.15, -0.1) is 0 Å². The molecule has 0 spiro atoms. The van der Waals surface area contributed by atoms with Gasteiger partial charge in [-0.2, -0.15) is 0 Å². The Labute approximate surface area is 144 Å². The lowest BCUT2D eigenvalue weighted by atomic mass is 9.74. The molecule has 3 rings (SSSR count). The summed E-state index contributed by atoms with van der Waals surface area (Å²) >= 11 is 0. The van der Waals surface area contributed by atoms with Crippen LogP contribution in [0.15, 0.2) is 30.3 Å². The number of hydrogen-bond acceptors (Lipinski definition) is 4. The van der Waals surface area contributed by atoms with Crippen LogP contribution in [-0.4, -0.2) is 61.4 Å². The van der Waals surface area contributed by atoms with E-state index in [1.54, 1.807) is 0 Å². The fourth-order valence-corrected chi connectivity index (χ4v) is 3.73. The molecule has 0 atom stereocenters. The molecule has 2 N–H and O–H groups in total. The average molecular weight is 332 g/mol. The number of hydrogen-bond donors (Lipinski definition) is 2. The highest BCUT2D eigenvalue weighted by Gasteiger charge is 2.34. The molecule has 1 aromatic rings. The van der Waals surface area contributed by atoms with Crippen LogP contribution in [0, 0.1) is 0 Å². The summed E-state index contributed by atoms with van der Waals surface area (Å²) in [5.74, 6) is 0.0770. The van der Waals surface area contributed by atoms with Crippen molar-refractivity contribution in [3.63, 3.8) is 0 Å². The molecule has 24 heavy (non-hydrogen) atoms. The molecule has 2 fully saturated rings. The van der Waals surface area contributed by atoms with E-state index in [0.717, 1.165) is 52.0 Å². The molecule has 0 aromatic heterocycles. The molecule has 5 nitrogen and oxygen atoms in total. The Morgan fingerprint density at radius 3 is 2.54 bits per heavy atom. The van der Waals surface area contributed by atoms with Crippen molar-refractivity contribution in [2.75, 3.05) is 39.4 Å². The Balaban J connectivity index is 1.56. The van der Waals surface area contributed by atoms with Crippen LogP contribution in [0.25, 0.3) is 0 Å². The van der Waals surface area contributed by atoms with E-state index < -0.39 is 0 Å². The molecule has 2 heterocycles. The van der Waals surface area contributed by atoms with E-state index in [2.05, 4.69) is 34.5 Å². The maximum Gasteiger partial charge on any atom is 0.234 e. The third-order valence-electron chi connectivity index (χ3n) is 5.38. The monoisotopic (exact) mass is 332 g/mol. The van der Waals surface area contributed by atoms with Gasteiger partial charge in [0.1, 0.15) is 0 Å². The SMILES string of the molecule is O=C(CN1CCC(O)CC1)NCC1(c2ccccc2)CCOCC1. The van der Waals surface area contributed by atoms with Gasteiger partial charge in [-0.3, -0.25) is 9.69 Å². The summed E-state index contributed by atoms with van der Waals surface area (Å²) in [6.07, 6.45) is 3.20. The van der Waals surface area contributed by atoms with Crippen LogP contribution in [0.4, 0.5) is 0 Å². The van der Waals surface area contributed by atoms with Gasteiger partial charge in [-0.05, 0) is 31.2 Å². The van der Waals surface area contributed by atoms with E-state index >= 15 is 0 Å². The first-order chi connectivity index (χ1) is 11.7. The molecule has 1 amide bonds. The maximum atomic E-state index is 12.4. The number of aliphatic hydroxyl groups is 1. The molecule has 5 heteroatoms. The third kappa shape index (κ3) is 4.35. The lowest BCUT2D eigenvalue weighted by Gasteiger charge is -2.38.